The number of carbonyl (C=O) groups excluding carboxylic acids is 1. The number of benzene rings is 1. The second kappa shape index (κ2) is 3.55. The van der Waals surface area contributed by atoms with E-state index in [9.17, 15) is 9.90 Å². The molecule has 2 aliphatic heterocycles. The summed E-state index contributed by atoms with van der Waals surface area (Å²) in [6.07, 6.45) is -3.36. The van der Waals surface area contributed by atoms with Crippen LogP contribution in [0.5, 0.6) is 0 Å². The maximum atomic E-state index is 11.0. The number of fused-ring (bicyclic) bond motifs is 1. The van der Waals surface area contributed by atoms with E-state index in [2.05, 4.69) is 0 Å². The fourth-order valence-electron chi connectivity index (χ4n) is 1.84. The van der Waals surface area contributed by atoms with Crippen molar-refractivity contribution in [3.8, 4) is 0 Å². The molecule has 2 unspecified atom stereocenters. The molecule has 3 rings (SSSR count). The number of aliphatic hydroxyl groups is 1. The number of hydrogen-bond acceptors (Lipinski definition) is 5. The van der Waals surface area contributed by atoms with E-state index in [0.717, 1.165) is 5.56 Å². The largest absolute Gasteiger partial charge is 0.431 e. The number of hydrogen-bond donors (Lipinski definition) is 1. The number of rotatable bonds is 1. The zero-order chi connectivity index (χ0) is 11.1. The molecule has 16 heavy (non-hydrogen) atoms. The quantitative estimate of drug-likeness (QED) is 0.694. The molecule has 2 saturated heterocycles. The van der Waals surface area contributed by atoms with Crippen molar-refractivity contribution in [2.45, 2.75) is 24.8 Å². The lowest BCUT2D eigenvalue weighted by atomic mass is 10.2. The lowest BCUT2D eigenvalue weighted by Crippen LogP contribution is -2.29. The van der Waals surface area contributed by atoms with Crippen LogP contribution in [0.1, 0.15) is 11.9 Å². The molecule has 4 atom stereocenters. The molecule has 84 valence electrons. The van der Waals surface area contributed by atoms with Crippen molar-refractivity contribution >= 4 is 5.97 Å². The van der Waals surface area contributed by atoms with Gasteiger partial charge in [-0.05, 0) is 0 Å². The van der Waals surface area contributed by atoms with Crippen molar-refractivity contribution in [3.05, 3.63) is 35.9 Å². The van der Waals surface area contributed by atoms with E-state index in [1.54, 1.807) is 0 Å². The monoisotopic (exact) mass is 222 g/mol. The van der Waals surface area contributed by atoms with Crippen molar-refractivity contribution in [1.82, 2.24) is 0 Å². The molecule has 0 aromatic heterocycles. The minimum Gasteiger partial charge on any atom is -0.431 e. The Morgan fingerprint density at radius 1 is 1.12 bits per heavy atom. The number of esters is 1. The van der Waals surface area contributed by atoms with Crippen LogP contribution < -0.4 is 0 Å². The minimum absolute atomic E-state index is 0.584. The highest BCUT2D eigenvalue weighted by atomic mass is 16.8. The van der Waals surface area contributed by atoms with Crippen LogP contribution in [-0.4, -0.2) is 29.6 Å². The standard InChI is InChI=1S/C11H10O5/c12-7-8-11(15-9(7)13)16-10(14-8)6-4-2-1-3-5-6/h1-5,7-8,10-12H/t7?,8-,10?,11-/m1/s1. The van der Waals surface area contributed by atoms with Crippen molar-refractivity contribution in [1.29, 1.82) is 0 Å². The first kappa shape index (κ1) is 9.77. The van der Waals surface area contributed by atoms with E-state index in [4.69, 9.17) is 14.2 Å². The second-order valence-electron chi connectivity index (χ2n) is 3.73. The summed E-state index contributed by atoms with van der Waals surface area (Å²) >= 11 is 0. The molecule has 5 heteroatoms. The Bertz CT molecular complexity index is 404. The van der Waals surface area contributed by atoms with Crippen LogP contribution in [0.2, 0.25) is 0 Å². The van der Waals surface area contributed by atoms with Crippen LogP contribution >= 0.6 is 0 Å². The summed E-state index contributed by atoms with van der Waals surface area (Å²) in [4.78, 5) is 11.0. The minimum atomic E-state index is -1.25. The van der Waals surface area contributed by atoms with Crippen molar-refractivity contribution < 1.29 is 24.1 Å². The molecule has 0 amide bonds. The predicted molar refractivity (Wildman–Crippen MR) is 51.0 cm³/mol. The van der Waals surface area contributed by atoms with Crippen LogP contribution in [0.4, 0.5) is 0 Å². The van der Waals surface area contributed by atoms with E-state index in [-0.39, 0.29) is 0 Å². The molecule has 0 bridgehead atoms. The van der Waals surface area contributed by atoms with E-state index < -0.39 is 30.8 Å². The molecule has 0 radical (unpaired) electrons. The Morgan fingerprint density at radius 2 is 1.88 bits per heavy atom. The van der Waals surface area contributed by atoms with Gasteiger partial charge in [0.25, 0.3) is 0 Å². The van der Waals surface area contributed by atoms with Gasteiger partial charge in [0.05, 0.1) is 0 Å². The highest BCUT2D eigenvalue weighted by Gasteiger charge is 2.52. The van der Waals surface area contributed by atoms with Gasteiger partial charge in [0.15, 0.2) is 18.5 Å². The second-order valence-corrected chi connectivity index (χ2v) is 3.73. The zero-order valence-corrected chi connectivity index (χ0v) is 8.28. The van der Waals surface area contributed by atoms with Crippen LogP contribution in [-0.2, 0) is 19.0 Å². The maximum absolute atomic E-state index is 11.0. The molecule has 2 fully saturated rings. The first-order valence-corrected chi connectivity index (χ1v) is 5.00. The van der Waals surface area contributed by atoms with Gasteiger partial charge in [-0.15, -0.1) is 0 Å². The van der Waals surface area contributed by atoms with Crippen LogP contribution in [0.25, 0.3) is 0 Å². The van der Waals surface area contributed by atoms with E-state index in [0.29, 0.717) is 0 Å². The van der Waals surface area contributed by atoms with Crippen LogP contribution in [0.3, 0.4) is 0 Å². The first-order valence-electron chi connectivity index (χ1n) is 5.00. The number of carbonyl (C=O) groups is 1. The summed E-state index contributed by atoms with van der Waals surface area (Å²) in [5.74, 6) is -0.693. The summed E-state index contributed by atoms with van der Waals surface area (Å²) in [7, 11) is 0. The SMILES string of the molecule is O=C1O[C@@H]2OC(c3ccccc3)O[C@@H]2C1O. The highest BCUT2D eigenvalue weighted by Crippen LogP contribution is 2.36. The van der Waals surface area contributed by atoms with Gasteiger partial charge in [0.1, 0.15) is 0 Å². The van der Waals surface area contributed by atoms with Crippen LogP contribution in [0, 0.1) is 0 Å². The third-order valence-corrected chi connectivity index (χ3v) is 2.66. The topological polar surface area (TPSA) is 65.0 Å². The van der Waals surface area contributed by atoms with Gasteiger partial charge in [0, 0.05) is 5.56 Å². The Hall–Kier alpha value is -1.43. The first-order chi connectivity index (χ1) is 7.75. The number of ether oxygens (including phenoxy) is 3. The molecule has 5 nitrogen and oxygen atoms in total. The Balaban J connectivity index is 1.78. The van der Waals surface area contributed by atoms with Crippen LogP contribution in [0.15, 0.2) is 30.3 Å². The summed E-state index contributed by atoms with van der Waals surface area (Å²) in [6.45, 7) is 0. The van der Waals surface area contributed by atoms with Gasteiger partial charge in [-0.1, -0.05) is 30.3 Å². The molecule has 0 spiro atoms. The molecule has 2 heterocycles. The van der Waals surface area contributed by atoms with Gasteiger partial charge in [-0.25, -0.2) is 4.79 Å². The van der Waals surface area contributed by atoms with E-state index in [1.165, 1.54) is 0 Å². The third-order valence-electron chi connectivity index (χ3n) is 2.66. The van der Waals surface area contributed by atoms with Gasteiger partial charge in [-0.2, -0.15) is 0 Å². The van der Waals surface area contributed by atoms with Gasteiger partial charge >= 0.3 is 5.97 Å². The lowest BCUT2D eigenvalue weighted by Gasteiger charge is -2.12. The summed E-state index contributed by atoms with van der Waals surface area (Å²) < 4.78 is 15.6. The molecule has 1 N–H and O–H groups in total. The van der Waals surface area contributed by atoms with E-state index in [1.807, 2.05) is 30.3 Å². The number of aliphatic hydroxyl groups excluding tert-OH is 1. The Labute approximate surface area is 91.5 Å². The zero-order valence-electron chi connectivity index (χ0n) is 8.28. The summed E-state index contributed by atoms with van der Waals surface area (Å²) in [5.41, 5.74) is 0.833. The van der Waals surface area contributed by atoms with Crippen molar-refractivity contribution in [3.63, 3.8) is 0 Å². The normalized spacial score (nSPS) is 37.2. The maximum Gasteiger partial charge on any atom is 0.340 e. The van der Waals surface area contributed by atoms with Crippen molar-refractivity contribution in [2.24, 2.45) is 0 Å². The summed E-state index contributed by atoms with van der Waals surface area (Å²) in [5, 5.41) is 9.45. The highest BCUT2D eigenvalue weighted by molar-refractivity contribution is 5.77. The fourth-order valence-corrected chi connectivity index (χ4v) is 1.84. The smallest absolute Gasteiger partial charge is 0.340 e. The Morgan fingerprint density at radius 3 is 2.56 bits per heavy atom. The average Bonchev–Trinajstić information content (AvgIpc) is 2.82. The fraction of sp³-hybridized carbons (Fsp3) is 0.364. The summed E-state index contributed by atoms with van der Waals surface area (Å²) in [6, 6.07) is 9.30. The molecule has 1 aromatic carbocycles. The Kier molecular flexibility index (Phi) is 2.17. The molecule has 0 saturated carbocycles. The molecular weight excluding hydrogens is 212 g/mol. The molecule has 2 aliphatic rings. The van der Waals surface area contributed by atoms with Crippen molar-refractivity contribution in [2.75, 3.05) is 0 Å². The van der Waals surface area contributed by atoms with Gasteiger partial charge in [-0.3, -0.25) is 0 Å². The predicted octanol–water partition coefficient (Wildman–Crippen LogP) is 0.344. The third kappa shape index (κ3) is 1.41. The molecule has 1 aromatic rings. The van der Waals surface area contributed by atoms with Gasteiger partial charge < -0.3 is 19.3 Å². The molecular formula is C11H10O5. The average molecular weight is 222 g/mol. The van der Waals surface area contributed by atoms with Gasteiger partial charge in [0.2, 0.25) is 6.29 Å². The molecule has 0 aliphatic carbocycles. The van der Waals surface area contributed by atoms with E-state index >= 15 is 0 Å². The lowest BCUT2D eigenvalue weighted by molar-refractivity contribution is -0.177.